The van der Waals surface area contributed by atoms with Gasteiger partial charge in [-0.05, 0) is 50.3 Å². The summed E-state index contributed by atoms with van der Waals surface area (Å²) in [6.07, 6.45) is 3.50. The molecule has 3 atom stereocenters. The zero-order chi connectivity index (χ0) is 28.3. The van der Waals surface area contributed by atoms with E-state index in [1.54, 1.807) is 7.11 Å². The van der Waals surface area contributed by atoms with Crippen molar-refractivity contribution in [3.05, 3.63) is 53.4 Å². The third-order valence-corrected chi connectivity index (χ3v) is 9.24. The van der Waals surface area contributed by atoms with Crippen molar-refractivity contribution >= 4 is 26.8 Å². The predicted octanol–water partition coefficient (Wildman–Crippen LogP) is 6.30. The molecule has 216 valence electrons. The Kier molecular flexibility index (Phi) is 6.70. The molecule has 3 aliphatic rings. The summed E-state index contributed by atoms with van der Waals surface area (Å²) in [5.41, 5.74) is 0.611. The highest BCUT2D eigenvalue weighted by molar-refractivity contribution is 7.22. The summed E-state index contributed by atoms with van der Waals surface area (Å²) in [6.45, 7) is 1.90. The molecule has 1 saturated carbocycles. The van der Waals surface area contributed by atoms with Crippen LogP contribution < -0.4 is 4.90 Å². The fraction of sp³-hybridized carbons (Fsp3) is 0.500. The number of halogens is 4. The number of aromatic nitrogens is 5. The van der Waals surface area contributed by atoms with Gasteiger partial charge in [0.1, 0.15) is 16.3 Å². The van der Waals surface area contributed by atoms with Gasteiger partial charge in [0, 0.05) is 50.0 Å². The molecular weight excluding hydrogens is 560 g/mol. The highest BCUT2D eigenvalue weighted by Crippen LogP contribution is 2.42. The number of hydrogen-bond donors (Lipinski definition) is 0. The third-order valence-electron chi connectivity index (χ3n) is 8.12. The van der Waals surface area contributed by atoms with Crippen LogP contribution in [0.5, 0.6) is 0 Å². The molecule has 0 spiro atoms. The molecule has 2 saturated heterocycles. The van der Waals surface area contributed by atoms with Crippen molar-refractivity contribution in [2.45, 2.75) is 62.4 Å². The number of thiazole rings is 1. The summed E-state index contributed by atoms with van der Waals surface area (Å²) in [7, 11) is 1.67. The highest BCUT2D eigenvalue weighted by Gasteiger charge is 2.34. The Bertz CT molecular complexity index is 1590. The maximum absolute atomic E-state index is 15.3. The van der Waals surface area contributed by atoms with Gasteiger partial charge < -0.3 is 14.4 Å². The van der Waals surface area contributed by atoms with Crippen LogP contribution in [0.25, 0.3) is 21.6 Å². The van der Waals surface area contributed by atoms with Crippen LogP contribution >= 0.6 is 11.3 Å². The maximum Gasteiger partial charge on any atom is 0.416 e. The van der Waals surface area contributed by atoms with E-state index in [0.29, 0.717) is 59.4 Å². The Balaban J connectivity index is 1.27. The van der Waals surface area contributed by atoms with E-state index in [0.717, 1.165) is 43.5 Å². The van der Waals surface area contributed by atoms with Gasteiger partial charge in [0.25, 0.3) is 0 Å². The number of fused-ring (bicyclic) bond motifs is 1. The second kappa shape index (κ2) is 10.3. The first-order valence-electron chi connectivity index (χ1n) is 13.8. The monoisotopic (exact) mass is 588 g/mol. The van der Waals surface area contributed by atoms with Gasteiger partial charge in [-0.2, -0.15) is 23.3 Å². The summed E-state index contributed by atoms with van der Waals surface area (Å²) in [4.78, 5) is 16.5. The molecule has 41 heavy (non-hydrogen) atoms. The SMILES string of the molecule is COC1CCN(c2nc3nc([C@H]4CCO[C@@H](c5cnn(C6CC6)c5)C4)nc(-c4ccc(C(F)(F)F)cc4F)c3s2)C1. The van der Waals surface area contributed by atoms with Crippen LogP contribution in [0.15, 0.2) is 30.6 Å². The van der Waals surface area contributed by atoms with Gasteiger partial charge in [0.05, 0.1) is 35.7 Å². The molecule has 13 heteroatoms. The molecular formula is C28H28F4N6O2S. The van der Waals surface area contributed by atoms with E-state index in [1.807, 2.05) is 17.1 Å². The summed E-state index contributed by atoms with van der Waals surface area (Å²) >= 11 is 1.32. The Morgan fingerprint density at radius 1 is 1.10 bits per heavy atom. The molecule has 3 aromatic heterocycles. The number of rotatable bonds is 6. The van der Waals surface area contributed by atoms with Crippen LogP contribution in [0.3, 0.4) is 0 Å². The van der Waals surface area contributed by atoms with Crippen LogP contribution in [0.1, 0.15) is 67.1 Å². The van der Waals surface area contributed by atoms with Gasteiger partial charge in [-0.3, -0.25) is 4.68 Å². The van der Waals surface area contributed by atoms with Gasteiger partial charge in [0.15, 0.2) is 10.8 Å². The van der Waals surface area contributed by atoms with Crippen LogP contribution in [-0.4, -0.2) is 57.6 Å². The van der Waals surface area contributed by atoms with E-state index in [2.05, 4.69) is 10.00 Å². The number of ether oxygens (including phenoxy) is 2. The third kappa shape index (κ3) is 5.19. The molecule has 0 bridgehead atoms. The van der Waals surface area contributed by atoms with Crippen molar-refractivity contribution in [3.63, 3.8) is 0 Å². The first kappa shape index (κ1) is 26.7. The number of anilines is 1. The molecule has 3 fully saturated rings. The average Bonchev–Trinajstić information content (AvgIpc) is 3.35. The normalized spacial score (nSPS) is 23.5. The van der Waals surface area contributed by atoms with E-state index < -0.39 is 17.6 Å². The van der Waals surface area contributed by atoms with Gasteiger partial charge in [0.2, 0.25) is 0 Å². The Morgan fingerprint density at radius 3 is 2.68 bits per heavy atom. The van der Waals surface area contributed by atoms with Crippen LogP contribution in [0.2, 0.25) is 0 Å². The zero-order valence-corrected chi connectivity index (χ0v) is 23.1. The number of methoxy groups -OCH3 is 1. The molecule has 1 unspecified atom stereocenters. The standard InChI is InChI=1S/C28H28F4N6O2S/c1-39-19-6-8-37(14-19)27-36-26-24(41-27)23(20-5-2-17(11-21(20)29)28(30,31)32)34-25(35-26)15-7-9-40-22(10-15)16-12-33-38(13-16)18-3-4-18/h2,5,11-13,15,18-19,22H,3-4,6-10,14H2,1H3/t15-,19?,22+/m0/s1. The molecule has 8 nitrogen and oxygen atoms in total. The highest BCUT2D eigenvalue weighted by atomic mass is 32.1. The quantitative estimate of drug-likeness (QED) is 0.245. The minimum atomic E-state index is -4.65. The summed E-state index contributed by atoms with van der Waals surface area (Å²) in [5, 5.41) is 5.20. The van der Waals surface area contributed by atoms with Gasteiger partial charge in [-0.25, -0.2) is 14.4 Å². The van der Waals surface area contributed by atoms with Gasteiger partial charge in [-0.15, -0.1) is 0 Å². The van der Waals surface area contributed by atoms with Crippen LogP contribution in [-0.2, 0) is 15.7 Å². The summed E-state index contributed by atoms with van der Waals surface area (Å²) in [6, 6.07) is 3.03. The van der Waals surface area contributed by atoms with Crippen molar-refractivity contribution in [2.24, 2.45) is 0 Å². The zero-order valence-electron chi connectivity index (χ0n) is 22.3. The summed E-state index contributed by atoms with van der Waals surface area (Å²) in [5.74, 6) is -0.602. The second-order valence-electron chi connectivity index (χ2n) is 10.9. The Labute approximate surface area is 237 Å². The lowest BCUT2D eigenvalue weighted by Gasteiger charge is -2.28. The predicted molar refractivity (Wildman–Crippen MR) is 144 cm³/mol. The van der Waals surface area contributed by atoms with Crippen molar-refractivity contribution in [1.82, 2.24) is 24.7 Å². The van der Waals surface area contributed by atoms with E-state index >= 15 is 4.39 Å². The molecule has 7 rings (SSSR count). The Morgan fingerprint density at radius 2 is 1.95 bits per heavy atom. The molecule has 1 aromatic carbocycles. The molecule has 4 aromatic rings. The van der Waals surface area contributed by atoms with Crippen LogP contribution in [0, 0.1) is 5.82 Å². The Hall–Kier alpha value is -3.16. The summed E-state index contributed by atoms with van der Waals surface area (Å²) < 4.78 is 69.3. The van der Waals surface area contributed by atoms with E-state index in [-0.39, 0.29) is 29.4 Å². The lowest BCUT2D eigenvalue weighted by molar-refractivity contribution is -0.137. The number of nitrogens with zero attached hydrogens (tertiary/aromatic N) is 6. The van der Waals surface area contributed by atoms with Crippen molar-refractivity contribution in [3.8, 4) is 11.3 Å². The molecule has 0 amide bonds. The molecule has 0 radical (unpaired) electrons. The molecule has 1 aliphatic carbocycles. The lowest BCUT2D eigenvalue weighted by Crippen LogP contribution is -2.21. The van der Waals surface area contributed by atoms with Crippen molar-refractivity contribution in [2.75, 3.05) is 31.7 Å². The van der Waals surface area contributed by atoms with Crippen LogP contribution in [0.4, 0.5) is 22.7 Å². The first-order chi connectivity index (χ1) is 19.8. The number of benzene rings is 1. The average molecular weight is 589 g/mol. The van der Waals surface area contributed by atoms with E-state index in [1.165, 1.54) is 11.3 Å². The van der Waals surface area contributed by atoms with Gasteiger partial charge >= 0.3 is 6.18 Å². The first-order valence-corrected chi connectivity index (χ1v) is 14.6. The van der Waals surface area contributed by atoms with E-state index in [4.69, 9.17) is 24.4 Å². The second-order valence-corrected chi connectivity index (χ2v) is 11.9. The molecule has 0 N–H and O–H groups in total. The molecule has 5 heterocycles. The fourth-order valence-electron chi connectivity index (χ4n) is 5.63. The smallest absolute Gasteiger partial charge is 0.380 e. The lowest BCUT2D eigenvalue weighted by atomic mass is 9.92. The number of alkyl halides is 3. The van der Waals surface area contributed by atoms with Crippen molar-refractivity contribution < 1.29 is 27.0 Å². The largest absolute Gasteiger partial charge is 0.416 e. The van der Waals surface area contributed by atoms with E-state index in [9.17, 15) is 13.2 Å². The molecule has 2 aliphatic heterocycles. The van der Waals surface area contributed by atoms with Gasteiger partial charge in [-0.1, -0.05) is 11.3 Å². The fourth-order valence-corrected chi connectivity index (χ4v) is 6.67. The minimum Gasteiger partial charge on any atom is -0.380 e. The maximum atomic E-state index is 15.3. The topological polar surface area (TPSA) is 78.2 Å². The minimum absolute atomic E-state index is 0.00707. The number of hydrogen-bond acceptors (Lipinski definition) is 8. The van der Waals surface area contributed by atoms with Crippen molar-refractivity contribution in [1.29, 1.82) is 0 Å².